The summed E-state index contributed by atoms with van der Waals surface area (Å²) in [5.74, 6) is 1.51. The van der Waals surface area contributed by atoms with Crippen LogP contribution in [0.15, 0.2) is 18.2 Å². The number of rotatable bonds is 4. The summed E-state index contributed by atoms with van der Waals surface area (Å²) in [6.45, 7) is 4.35. The van der Waals surface area contributed by atoms with Gasteiger partial charge in [0.15, 0.2) is 0 Å². The van der Waals surface area contributed by atoms with E-state index in [1.807, 2.05) is 6.92 Å². The van der Waals surface area contributed by atoms with Crippen molar-refractivity contribution in [3.8, 4) is 5.75 Å². The van der Waals surface area contributed by atoms with Crippen LogP contribution in [0.5, 0.6) is 5.75 Å². The van der Waals surface area contributed by atoms with Crippen molar-refractivity contribution < 1.29 is 9.13 Å². The van der Waals surface area contributed by atoms with Gasteiger partial charge < -0.3 is 4.74 Å². The summed E-state index contributed by atoms with van der Waals surface area (Å²) in [6, 6.07) is 4.92. The Balaban J connectivity index is 2.55. The Morgan fingerprint density at radius 1 is 1.50 bits per heavy atom. The molecule has 1 atom stereocenters. The van der Waals surface area contributed by atoms with Crippen LogP contribution in [0, 0.1) is 18.7 Å². The maximum Gasteiger partial charge on any atom is 0.129 e. The molecule has 3 heteroatoms. The second kappa shape index (κ2) is 5.25. The number of hydrogen-bond donors (Lipinski definition) is 1. The van der Waals surface area contributed by atoms with Gasteiger partial charge in [-0.15, -0.1) is 0 Å². The maximum absolute atomic E-state index is 13.1. The highest BCUT2D eigenvalue weighted by atomic mass is 32.1. The Labute approximate surface area is 89.7 Å². The third kappa shape index (κ3) is 3.22. The highest BCUT2D eigenvalue weighted by Crippen LogP contribution is 2.16. The zero-order valence-electron chi connectivity index (χ0n) is 8.46. The summed E-state index contributed by atoms with van der Waals surface area (Å²) in [5, 5.41) is 0. The van der Waals surface area contributed by atoms with Gasteiger partial charge in [0, 0.05) is 6.07 Å². The van der Waals surface area contributed by atoms with E-state index in [4.69, 9.17) is 4.74 Å². The van der Waals surface area contributed by atoms with E-state index in [0.717, 1.165) is 5.75 Å². The van der Waals surface area contributed by atoms with Gasteiger partial charge in [-0.3, -0.25) is 0 Å². The summed E-state index contributed by atoms with van der Waals surface area (Å²) in [4.78, 5) is 0. The average Bonchev–Trinajstić information content (AvgIpc) is 2.19. The van der Waals surface area contributed by atoms with Crippen LogP contribution in [0.25, 0.3) is 0 Å². The minimum Gasteiger partial charge on any atom is -0.493 e. The van der Waals surface area contributed by atoms with E-state index in [9.17, 15) is 4.39 Å². The van der Waals surface area contributed by atoms with Crippen molar-refractivity contribution in [3.63, 3.8) is 0 Å². The van der Waals surface area contributed by atoms with E-state index >= 15 is 0 Å². The monoisotopic (exact) mass is 214 g/mol. The topological polar surface area (TPSA) is 9.23 Å². The van der Waals surface area contributed by atoms with Crippen LogP contribution in [-0.4, -0.2) is 12.4 Å². The maximum atomic E-state index is 13.1. The van der Waals surface area contributed by atoms with Crippen LogP contribution < -0.4 is 4.74 Å². The predicted molar refractivity (Wildman–Crippen MR) is 59.6 cm³/mol. The summed E-state index contributed by atoms with van der Waals surface area (Å²) in [5.41, 5.74) is 0.639. The van der Waals surface area contributed by atoms with Crippen molar-refractivity contribution in [1.29, 1.82) is 0 Å². The summed E-state index contributed by atoms with van der Waals surface area (Å²) in [7, 11) is 0. The third-order valence-corrected chi connectivity index (χ3v) is 2.61. The fourth-order valence-electron chi connectivity index (χ4n) is 0.955. The second-order valence-corrected chi connectivity index (χ2v) is 3.87. The number of hydrogen-bond acceptors (Lipinski definition) is 2. The lowest BCUT2D eigenvalue weighted by molar-refractivity contribution is 0.272. The van der Waals surface area contributed by atoms with Crippen molar-refractivity contribution in [1.82, 2.24) is 0 Å². The normalized spacial score (nSPS) is 12.6. The minimum atomic E-state index is -0.221. The van der Waals surface area contributed by atoms with Crippen molar-refractivity contribution in [2.75, 3.05) is 12.4 Å². The van der Waals surface area contributed by atoms with Crippen LogP contribution in [0.4, 0.5) is 4.39 Å². The largest absolute Gasteiger partial charge is 0.493 e. The highest BCUT2D eigenvalue weighted by molar-refractivity contribution is 7.80. The first-order chi connectivity index (χ1) is 6.63. The van der Waals surface area contributed by atoms with Gasteiger partial charge in [-0.25, -0.2) is 4.39 Å². The van der Waals surface area contributed by atoms with E-state index in [-0.39, 0.29) is 5.82 Å². The lowest BCUT2D eigenvalue weighted by Gasteiger charge is -2.10. The van der Waals surface area contributed by atoms with Gasteiger partial charge >= 0.3 is 0 Å². The quantitative estimate of drug-likeness (QED) is 0.758. The van der Waals surface area contributed by atoms with E-state index < -0.39 is 0 Å². The Kier molecular flexibility index (Phi) is 4.26. The molecule has 1 aromatic carbocycles. The molecule has 0 saturated carbocycles. The lowest BCUT2D eigenvalue weighted by atomic mass is 10.2. The Hall–Kier alpha value is -0.700. The zero-order valence-corrected chi connectivity index (χ0v) is 9.35. The summed E-state index contributed by atoms with van der Waals surface area (Å²) < 4.78 is 18.5. The molecule has 0 heterocycles. The molecule has 0 aliphatic heterocycles. The van der Waals surface area contributed by atoms with Gasteiger partial charge in [0.05, 0.1) is 6.61 Å². The molecule has 14 heavy (non-hydrogen) atoms. The van der Waals surface area contributed by atoms with Crippen molar-refractivity contribution in [3.05, 3.63) is 29.6 Å². The van der Waals surface area contributed by atoms with Crippen LogP contribution in [0.2, 0.25) is 0 Å². The van der Waals surface area contributed by atoms with Crippen LogP contribution >= 0.6 is 12.6 Å². The molecule has 0 N–H and O–H groups in total. The van der Waals surface area contributed by atoms with E-state index in [1.165, 1.54) is 6.07 Å². The molecule has 1 nitrogen and oxygen atoms in total. The lowest BCUT2D eigenvalue weighted by Crippen LogP contribution is -2.09. The van der Waals surface area contributed by atoms with Crippen LogP contribution in [0.1, 0.15) is 12.5 Å². The Bertz CT molecular complexity index is 301. The average molecular weight is 214 g/mol. The first kappa shape index (κ1) is 11.4. The van der Waals surface area contributed by atoms with Gasteiger partial charge in [-0.05, 0) is 30.2 Å². The molecule has 0 aromatic heterocycles. The van der Waals surface area contributed by atoms with E-state index in [1.54, 1.807) is 19.1 Å². The molecular formula is C11H15FOS. The molecule has 0 aliphatic carbocycles. The van der Waals surface area contributed by atoms with Gasteiger partial charge in [-0.2, -0.15) is 12.6 Å². The SMILES string of the molecule is Cc1ccc(OCC(C)CS)cc1F. The highest BCUT2D eigenvalue weighted by Gasteiger charge is 2.03. The van der Waals surface area contributed by atoms with Crippen LogP contribution in [-0.2, 0) is 0 Å². The molecule has 0 radical (unpaired) electrons. The molecule has 1 unspecified atom stereocenters. The van der Waals surface area contributed by atoms with Gasteiger partial charge in [-0.1, -0.05) is 13.0 Å². The molecular weight excluding hydrogens is 199 g/mol. The number of ether oxygens (including phenoxy) is 1. The Morgan fingerprint density at radius 3 is 2.79 bits per heavy atom. The predicted octanol–water partition coefficient (Wildman–Crippen LogP) is 3.08. The molecule has 0 saturated heterocycles. The fraction of sp³-hybridized carbons (Fsp3) is 0.455. The molecule has 0 aliphatic rings. The summed E-state index contributed by atoms with van der Waals surface area (Å²) >= 11 is 4.14. The molecule has 0 fully saturated rings. The van der Waals surface area contributed by atoms with E-state index in [2.05, 4.69) is 12.6 Å². The smallest absolute Gasteiger partial charge is 0.129 e. The molecule has 0 amide bonds. The van der Waals surface area contributed by atoms with Gasteiger partial charge in [0.2, 0.25) is 0 Å². The first-order valence-electron chi connectivity index (χ1n) is 4.63. The number of aryl methyl sites for hydroxylation is 1. The molecule has 1 aromatic rings. The zero-order chi connectivity index (χ0) is 10.6. The minimum absolute atomic E-state index is 0.221. The first-order valence-corrected chi connectivity index (χ1v) is 5.26. The van der Waals surface area contributed by atoms with Gasteiger partial charge in [0.1, 0.15) is 11.6 Å². The van der Waals surface area contributed by atoms with Crippen molar-refractivity contribution in [2.24, 2.45) is 5.92 Å². The summed E-state index contributed by atoms with van der Waals surface area (Å²) in [6.07, 6.45) is 0. The fourth-order valence-corrected chi connectivity index (χ4v) is 1.06. The van der Waals surface area contributed by atoms with Crippen molar-refractivity contribution >= 4 is 12.6 Å². The van der Waals surface area contributed by atoms with Crippen LogP contribution in [0.3, 0.4) is 0 Å². The molecule has 0 bridgehead atoms. The van der Waals surface area contributed by atoms with E-state index in [0.29, 0.717) is 23.8 Å². The number of halogens is 1. The standard InChI is InChI=1S/C11H15FOS/c1-8(7-14)6-13-10-4-3-9(2)11(12)5-10/h3-5,8,14H,6-7H2,1-2H3. The van der Waals surface area contributed by atoms with Crippen molar-refractivity contribution in [2.45, 2.75) is 13.8 Å². The number of thiol groups is 1. The van der Waals surface area contributed by atoms with Gasteiger partial charge in [0.25, 0.3) is 0 Å². The molecule has 1 rings (SSSR count). The number of benzene rings is 1. The second-order valence-electron chi connectivity index (χ2n) is 3.51. The Morgan fingerprint density at radius 2 is 2.21 bits per heavy atom. The molecule has 78 valence electrons. The molecule has 0 spiro atoms. The third-order valence-electron chi connectivity index (χ3n) is 1.99.